The molecule has 4 rings (SSSR count). The lowest BCUT2D eigenvalue weighted by Crippen LogP contribution is -2.34. The van der Waals surface area contributed by atoms with Crippen molar-refractivity contribution in [1.82, 2.24) is 5.32 Å². The highest BCUT2D eigenvalue weighted by molar-refractivity contribution is 7.10. The van der Waals surface area contributed by atoms with Gasteiger partial charge in [-0.3, -0.25) is 4.79 Å². The Kier molecular flexibility index (Phi) is 4.98. The molecule has 1 aliphatic rings. The first kappa shape index (κ1) is 17.4. The molecule has 0 spiro atoms. The van der Waals surface area contributed by atoms with Crippen LogP contribution in [-0.2, 0) is 9.63 Å². The van der Waals surface area contributed by atoms with E-state index in [0.29, 0.717) is 12.1 Å². The Hall–Kier alpha value is -2.99. The average Bonchev–Trinajstić information content (AvgIpc) is 3.40. The third-order valence-corrected chi connectivity index (χ3v) is 5.35. The summed E-state index contributed by atoms with van der Waals surface area (Å²) >= 11 is 1.53. The Balaban J connectivity index is 1.50. The summed E-state index contributed by atoms with van der Waals surface area (Å²) in [6.45, 7) is 0. The zero-order valence-corrected chi connectivity index (χ0v) is 15.2. The van der Waals surface area contributed by atoms with Gasteiger partial charge in [-0.1, -0.05) is 53.7 Å². The molecule has 2 atom stereocenters. The minimum Gasteiger partial charge on any atom is -0.387 e. The summed E-state index contributed by atoms with van der Waals surface area (Å²) < 4.78 is 13.3. The van der Waals surface area contributed by atoms with Crippen molar-refractivity contribution in [2.45, 2.75) is 18.6 Å². The highest BCUT2D eigenvalue weighted by atomic mass is 32.1. The molecule has 6 heteroatoms. The van der Waals surface area contributed by atoms with Crippen molar-refractivity contribution in [3.05, 3.63) is 93.9 Å². The predicted octanol–water partition coefficient (Wildman–Crippen LogP) is 4.61. The summed E-state index contributed by atoms with van der Waals surface area (Å²) in [5.74, 6) is -0.592. The highest BCUT2D eigenvalue weighted by Crippen LogP contribution is 2.29. The van der Waals surface area contributed by atoms with Crippen LogP contribution in [0.15, 0.2) is 77.3 Å². The lowest BCUT2D eigenvalue weighted by atomic mass is 10.0. The van der Waals surface area contributed by atoms with Gasteiger partial charge in [0, 0.05) is 11.3 Å². The molecule has 0 bridgehead atoms. The van der Waals surface area contributed by atoms with Crippen molar-refractivity contribution in [1.29, 1.82) is 0 Å². The zero-order chi connectivity index (χ0) is 18.6. The van der Waals surface area contributed by atoms with Gasteiger partial charge in [0.1, 0.15) is 11.5 Å². The lowest BCUT2D eigenvalue weighted by Gasteiger charge is -2.18. The van der Waals surface area contributed by atoms with Crippen LogP contribution in [0.5, 0.6) is 0 Å². The van der Waals surface area contributed by atoms with Crippen LogP contribution in [0, 0.1) is 5.82 Å². The number of nitrogens with zero attached hydrogens (tertiary/aromatic N) is 1. The van der Waals surface area contributed by atoms with Gasteiger partial charge in [-0.05, 0) is 34.7 Å². The number of thiophene rings is 1. The van der Waals surface area contributed by atoms with Crippen LogP contribution in [0.1, 0.15) is 34.6 Å². The van der Waals surface area contributed by atoms with E-state index in [1.54, 1.807) is 12.1 Å². The van der Waals surface area contributed by atoms with E-state index < -0.39 is 0 Å². The van der Waals surface area contributed by atoms with Crippen LogP contribution >= 0.6 is 11.3 Å². The number of hydrogen-bond acceptors (Lipinski definition) is 4. The molecule has 2 aromatic carbocycles. The van der Waals surface area contributed by atoms with E-state index in [0.717, 1.165) is 16.0 Å². The number of hydrogen-bond donors (Lipinski definition) is 1. The van der Waals surface area contributed by atoms with Gasteiger partial charge in [-0.15, -0.1) is 11.3 Å². The normalized spacial score (nSPS) is 17.1. The first-order chi connectivity index (χ1) is 13.2. The van der Waals surface area contributed by atoms with Gasteiger partial charge in [-0.25, -0.2) is 4.39 Å². The molecule has 0 aliphatic carbocycles. The molecular weight excluding hydrogens is 363 g/mol. The molecule has 0 saturated carbocycles. The maximum Gasteiger partial charge on any atom is 0.270 e. The minimum absolute atomic E-state index is 0.252. The summed E-state index contributed by atoms with van der Waals surface area (Å²) in [4.78, 5) is 19.2. The van der Waals surface area contributed by atoms with Crippen molar-refractivity contribution < 1.29 is 14.0 Å². The average molecular weight is 380 g/mol. The van der Waals surface area contributed by atoms with Gasteiger partial charge in [0.25, 0.3) is 5.91 Å². The second-order valence-electron chi connectivity index (χ2n) is 6.22. The van der Waals surface area contributed by atoms with Crippen molar-refractivity contribution in [3.63, 3.8) is 0 Å². The van der Waals surface area contributed by atoms with E-state index in [4.69, 9.17) is 4.84 Å². The fourth-order valence-electron chi connectivity index (χ4n) is 3.00. The Morgan fingerprint density at radius 3 is 2.59 bits per heavy atom. The number of amides is 1. The molecule has 27 heavy (non-hydrogen) atoms. The van der Waals surface area contributed by atoms with E-state index in [9.17, 15) is 9.18 Å². The maximum absolute atomic E-state index is 13.3. The Morgan fingerprint density at radius 1 is 1.11 bits per heavy atom. The molecule has 0 radical (unpaired) electrons. The van der Waals surface area contributed by atoms with Crippen molar-refractivity contribution in [2.75, 3.05) is 0 Å². The highest BCUT2D eigenvalue weighted by Gasteiger charge is 2.29. The predicted molar refractivity (Wildman–Crippen MR) is 103 cm³/mol. The van der Waals surface area contributed by atoms with Gasteiger partial charge in [0.15, 0.2) is 6.10 Å². The van der Waals surface area contributed by atoms with E-state index in [1.807, 2.05) is 47.8 Å². The van der Waals surface area contributed by atoms with Gasteiger partial charge in [0.2, 0.25) is 0 Å². The fourth-order valence-corrected chi connectivity index (χ4v) is 3.80. The quantitative estimate of drug-likeness (QED) is 0.703. The Bertz CT molecular complexity index is 940. The van der Waals surface area contributed by atoms with Gasteiger partial charge in [0.05, 0.1) is 6.04 Å². The first-order valence-corrected chi connectivity index (χ1v) is 9.46. The third-order valence-electron chi connectivity index (χ3n) is 4.41. The van der Waals surface area contributed by atoms with Gasteiger partial charge < -0.3 is 10.2 Å². The van der Waals surface area contributed by atoms with Crippen molar-refractivity contribution in [2.24, 2.45) is 5.16 Å². The van der Waals surface area contributed by atoms with Crippen LogP contribution in [0.3, 0.4) is 0 Å². The van der Waals surface area contributed by atoms with Crippen LogP contribution in [0.25, 0.3) is 0 Å². The number of benzene rings is 2. The molecule has 1 aromatic heterocycles. The zero-order valence-electron chi connectivity index (χ0n) is 14.3. The molecule has 136 valence electrons. The van der Waals surface area contributed by atoms with Crippen molar-refractivity contribution >= 4 is 23.0 Å². The Morgan fingerprint density at radius 2 is 1.89 bits per heavy atom. The molecule has 3 aromatic rings. The number of rotatable bonds is 5. The molecule has 1 N–H and O–H groups in total. The largest absolute Gasteiger partial charge is 0.387 e. The summed E-state index contributed by atoms with van der Waals surface area (Å²) in [7, 11) is 0. The molecular formula is C21H17FN2O2S. The van der Waals surface area contributed by atoms with E-state index in [-0.39, 0.29) is 23.9 Å². The number of carbonyl (C=O) groups is 1. The molecule has 4 nitrogen and oxygen atoms in total. The van der Waals surface area contributed by atoms with Crippen LogP contribution < -0.4 is 5.32 Å². The number of carbonyl (C=O) groups excluding carboxylic acids is 1. The molecule has 0 saturated heterocycles. The van der Waals surface area contributed by atoms with Gasteiger partial charge in [-0.2, -0.15) is 0 Å². The van der Waals surface area contributed by atoms with Crippen LogP contribution in [0.2, 0.25) is 0 Å². The van der Waals surface area contributed by atoms with Crippen LogP contribution in [-0.4, -0.2) is 11.6 Å². The summed E-state index contributed by atoms with van der Waals surface area (Å²) in [6, 6.07) is 19.3. The third kappa shape index (κ3) is 3.90. The van der Waals surface area contributed by atoms with E-state index >= 15 is 0 Å². The van der Waals surface area contributed by atoms with E-state index in [1.165, 1.54) is 23.5 Å². The minimum atomic E-state index is -0.364. The summed E-state index contributed by atoms with van der Waals surface area (Å²) in [5, 5.41) is 8.94. The summed E-state index contributed by atoms with van der Waals surface area (Å²) in [6.07, 6.45) is 0.161. The van der Waals surface area contributed by atoms with Crippen LogP contribution in [0.4, 0.5) is 4.39 Å². The van der Waals surface area contributed by atoms with Gasteiger partial charge >= 0.3 is 0 Å². The standard InChI is InChI=1S/C21H17FN2O2S/c22-16-10-8-15(9-11-16)20(19-7-4-12-27-19)23-21(25)17-13-18(26-24-17)14-5-2-1-3-6-14/h1-12,18,20H,13H2,(H,23,25). The number of oxime groups is 1. The van der Waals surface area contributed by atoms with Crippen molar-refractivity contribution in [3.8, 4) is 0 Å². The second-order valence-corrected chi connectivity index (χ2v) is 7.20. The molecule has 0 fully saturated rings. The molecule has 2 unspecified atom stereocenters. The number of nitrogens with one attached hydrogen (secondary N) is 1. The lowest BCUT2D eigenvalue weighted by molar-refractivity contribution is -0.115. The molecule has 2 heterocycles. The Labute approximate surface area is 160 Å². The first-order valence-electron chi connectivity index (χ1n) is 8.58. The van der Waals surface area contributed by atoms with E-state index in [2.05, 4.69) is 10.5 Å². The summed E-state index contributed by atoms with van der Waals surface area (Å²) in [5.41, 5.74) is 2.15. The fraction of sp³-hybridized carbons (Fsp3) is 0.143. The molecule has 1 aliphatic heterocycles. The maximum atomic E-state index is 13.3. The smallest absolute Gasteiger partial charge is 0.270 e. The molecule has 1 amide bonds. The topological polar surface area (TPSA) is 50.7 Å². The number of halogens is 1. The SMILES string of the molecule is O=C(NC(c1ccc(F)cc1)c1cccs1)C1=NOC(c2ccccc2)C1. The monoisotopic (exact) mass is 380 g/mol. The second kappa shape index (κ2) is 7.72.